The van der Waals surface area contributed by atoms with Gasteiger partial charge in [-0.15, -0.1) is 0 Å². The molecule has 0 saturated heterocycles. The summed E-state index contributed by atoms with van der Waals surface area (Å²) >= 11 is 0. The predicted molar refractivity (Wildman–Crippen MR) is 88.2 cm³/mol. The van der Waals surface area contributed by atoms with Crippen molar-refractivity contribution in [3.05, 3.63) is 70.8 Å². The average Bonchev–Trinajstić information content (AvgIpc) is 2.36. The van der Waals surface area contributed by atoms with Crippen LogP contribution in [-0.2, 0) is 17.3 Å². The van der Waals surface area contributed by atoms with Crippen LogP contribution in [-0.4, -0.2) is 0 Å². The Kier molecular flexibility index (Phi) is 4.42. The number of rotatable bonds is 3. The predicted octanol–water partition coefficient (Wildman–Crippen LogP) is 5.78. The molecule has 0 aliphatic carbocycles. The highest BCUT2D eigenvalue weighted by Crippen LogP contribution is 2.32. The monoisotopic (exact) mass is 302 g/mol. The molecule has 2 aromatic rings. The lowest BCUT2D eigenvalue weighted by Gasteiger charge is -2.27. The standard InChI is InChI=1S/C20H24F2/c1-19(2,3)15-10-14(11-16(21)12-15)13-20(4,5)17-8-6-7-9-18(17)22/h6-12H,13H2,1-5H3. The van der Waals surface area contributed by atoms with Crippen molar-refractivity contribution in [2.45, 2.75) is 51.9 Å². The fourth-order valence-corrected chi connectivity index (χ4v) is 2.80. The van der Waals surface area contributed by atoms with Gasteiger partial charge in [-0.05, 0) is 52.1 Å². The van der Waals surface area contributed by atoms with Crippen molar-refractivity contribution in [3.63, 3.8) is 0 Å². The Balaban J connectivity index is 2.38. The zero-order valence-electron chi connectivity index (χ0n) is 14.0. The maximum absolute atomic E-state index is 14.1. The highest BCUT2D eigenvalue weighted by Gasteiger charge is 2.25. The third-order valence-corrected chi connectivity index (χ3v) is 4.07. The molecule has 0 saturated carbocycles. The summed E-state index contributed by atoms with van der Waals surface area (Å²) in [5.41, 5.74) is 2.02. The molecule has 0 heterocycles. The van der Waals surface area contributed by atoms with Crippen LogP contribution in [0, 0.1) is 11.6 Å². The molecule has 0 atom stereocenters. The minimum Gasteiger partial charge on any atom is -0.207 e. The summed E-state index contributed by atoms with van der Waals surface area (Å²) in [6, 6.07) is 12.0. The summed E-state index contributed by atoms with van der Waals surface area (Å²) < 4.78 is 28.0. The Bertz CT molecular complexity index is 664. The highest BCUT2D eigenvalue weighted by molar-refractivity contribution is 5.33. The summed E-state index contributed by atoms with van der Waals surface area (Å²) in [6.45, 7) is 10.2. The first kappa shape index (κ1) is 16.7. The molecule has 0 fully saturated rings. The molecular weight excluding hydrogens is 278 g/mol. The number of halogens is 2. The molecule has 0 unspecified atom stereocenters. The lowest BCUT2D eigenvalue weighted by Crippen LogP contribution is -2.22. The summed E-state index contributed by atoms with van der Waals surface area (Å²) in [6.07, 6.45) is 0.592. The number of hydrogen-bond acceptors (Lipinski definition) is 0. The first-order valence-corrected chi connectivity index (χ1v) is 7.64. The van der Waals surface area contributed by atoms with Gasteiger partial charge in [-0.2, -0.15) is 0 Å². The van der Waals surface area contributed by atoms with Crippen molar-refractivity contribution in [1.29, 1.82) is 0 Å². The van der Waals surface area contributed by atoms with Gasteiger partial charge in [0.25, 0.3) is 0 Å². The Labute approximate surface area is 132 Å². The Morgan fingerprint density at radius 2 is 1.50 bits per heavy atom. The van der Waals surface area contributed by atoms with E-state index >= 15 is 0 Å². The van der Waals surface area contributed by atoms with Crippen LogP contribution in [0.5, 0.6) is 0 Å². The topological polar surface area (TPSA) is 0 Å². The van der Waals surface area contributed by atoms with Gasteiger partial charge in [-0.25, -0.2) is 8.78 Å². The minimum absolute atomic E-state index is 0.112. The normalized spacial score (nSPS) is 12.5. The van der Waals surface area contributed by atoms with Crippen molar-refractivity contribution in [3.8, 4) is 0 Å². The van der Waals surface area contributed by atoms with E-state index in [0.29, 0.717) is 12.0 Å². The molecule has 22 heavy (non-hydrogen) atoms. The van der Waals surface area contributed by atoms with Gasteiger partial charge in [0, 0.05) is 0 Å². The largest absolute Gasteiger partial charge is 0.207 e. The van der Waals surface area contributed by atoms with Crippen LogP contribution in [0.3, 0.4) is 0 Å². The summed E-state index contributed by atoms with van der Waals surface area (Å²) in [5.74, 6) is -0.438. The van der Waals surface area contributed by atoms with Crippen molar-refractivity contribution in [1.82, 2.24) is 0 Å². The van der Waals surface area contributed by atoms with Crippen molar-refractivity contribution in [2.24, 2.45) is 0 Å². The first-order valence-electron chi connectivity index (χ1n) is 7.64. The van der Waals surface area contributed by atoms with Crippen molar-refractivity contribution in [2.75, 3.05) is 0 Å². The van der Waals surface area contributed by atoms with Gasteiger partial charge in [0.1, 0.15) is 11.6 Å². The number of benzene rings is 2. The summed E-state index contributed by atoms with van der Waals surface area (Å²) in [7, 11) is 0. The minimum atomic E-state index is -0.395. The second-order valence-corrected chi connectivity index (χ2v) is 7.64. The SMILES string of the molecule is CC(C)(C)c1cc(F)cc(CC(C)(C)c2ccccc2F)c1. The molecule has 2 aromatic carbocycles. The molecule has 0 aliphatic heterocycles. The van der Waals surface area contributed by atoms with Crippen LogP contribution in [0.2, 0.25) is 0 Å². The maximum Gasteiger partial charge on any atom is 0.126 e. The van der Waals surface area contributed by atoms with Crippen LogP contribution >= 0.6 is 0 Å². The fraction of sp³-hybridized carbons (Fsp3) is 0.400. The van der Waals surface area contributed by atoms with E-state index in [1.54, 1.807) is 24.3 Å². The highest BCUT2D eigenvalue weighted by atomic mass is 19.1. The van der Waals surface area contributed by atoms with Crippen molar-refractivity contribution >= 4 is 0 Å². The van der Waals surface area contributed by atoms with Gasteiger partial charge < -0.3 is 0 Å². The van der Waals surface area contributed by atoms with E-state index < -0.39 is 5.41 Å². The molecule has 0 radical (unpaired) electrons. The zero-order chi connectivity index (χ0) is 16.5. The molecule has 0 bridgehead atoms. The second kappa shape index (κ2) is 5.83. The lowest BCUT2D eigenvalue weighted by molar-refractivity contribution is 0.478. The molecule has 0 aliphatic rings. The molecule has 2 heteroatoms. The fourth-order valence-electron chi connectivity index (χ4n) is 2.80. The Hall–Kier alpha value is -1.70. The molecule has 0 amide bonds. The van der Waals surface area contributed by atoms with Crippen LogP contribution in [0.4, 0.5) is 8.78 Å². The van der Waals surface area contributed by atoms with Gasteiger partial charge >= 0.3 is 0 Å². The zero-order valence-corrected chi connectivity index (χ0v) is 14.0. The van der Waals surface area contributed by atoms with E-state index in [2.05, 4.69) is 20.8 Å². The smallest absolute Gasteiger partial charge is 0.126 e. The molecule has 0 N–H and O–H groups in total. The maximum atomic E-state index is 14.1. The Morgan fingerprint density at radius 3 is 2.09 bits per heavy atom. The molecule has 0 aromatic heterocycles. The van der Waals surface area contributed by atoms with Crippen LogP contribution in [0.25, 0.3) is 0 Å². The van der Waals surface area contributed by atoms with Gasteiger partial charge in [0.2, 0.25) is 0 Å². The van der Waals surface area contributed by atoms with Gasteiger partial charge in [-0.3, -0.25) is 0 Å². The summed E-state index contributed by atoms with van der Waals surface area (Å²) in [5, 5.41) is 0. The number of hydrogen-bond donors (Lipinski definition) is 0. The van der Waals surface area contributed by atoms with E-state index in [1.807, 2.05) is 26.0 Å². The van der Waals surface area contributed by atoms with Crippen LogP contribution in [0.15, 0.2) is 42.5 Å². The molecule has 0 spiro atoms. The third-order valence-electron chi connectivity index (χ3n) is 4.07. The molecule has 0 nitrogen and oxygen atoms in total. The average molecular weight is 302 g/mol. The lowest BCUT2D eigenvalue weighted by atomic mass is 9.77. The van der Waals surface area contributed by atoms with E-state index in [-0.39, 0.29) is 17.0 Å². The second-order valence-electron chi connectivity index (χ2n) is 7.64. The van der Waals surface area contributed by atoms with Gasteiger partial charge in [-0.1, -0.05) is 58.9 Å². The summed E-state index contributed by atoms with van der Waals surface area (Å²) in [4.78, 5) is 0. The van der Waals surface area contributed by atoms with Gasteiger partial charge in [0.05, 0.1) is 0 Å². The van der Waals surface area contributed by atoms with Crippen LogP contribution < -0.4 is 0 Å². The van der Waals surface area contributed by atoms with E-state index in [1.165, 1.54) is 6.07 Å². The van der Waals surface area contributed by atoms with Crippen molar-refractivity contribution < 1.29 is 8.78 Å². The van der Waals surface area contributed by atoms with E-state index in [4.69, 9.17) is 0 Å². The Morgan fingerprint density at radius 1 is 0.864 bits per heavy atom. The first-order chi connectivity index (χ1) is 10.1. The molecular formula is C20H24F2. The quantitative estimate of drug-likeness (QED) is 0.674. The molecule has 2 rings (SSSR count). The molecule has 118 valence electrons. The van der Waals surface area contributed by atoms with Crippen LogP contribution in [0.1, 0.15) is 51.3 Å². The van der Waals surface area contributed by atoms with E-state index in [0.717, 1.165) is 11.1 Å². The van der Waals surface area contributed by atoms with E-state index in [9.17, 15) is 8.78 Å². The third kappa shape index (κ3) is 3.73. The van der Waals surface area contributed by atoms with Gasteiger partial charge in [0.15, 0.2) is 0 Å².